The van der Waals surface area contributed by atoms with Gasteiger partial charge in [0.2, 0.25) is 0 Å². The summed E-state index contributed by atoms with van der Waals surface area (Å²) in [5, 5.41) is 10.5. The molecule has 0 unspecified atom stereocenters. The molecule has 0 fully saturated rings. The van der Waals surface area contributed by atoms with Crippen LogP contribution < -0.4 is 4.90 Å². The van der Waals surface area contributed by atoms with Crippen molar-refractivity contribution in [1.29, 1.82) is 0 Å². The van der Waals surface area contributed by atoms with Crippen molar-refractivity contribution in [2.24, 2.45) is 0 Å². The van der Waals surface area contributed by atoms with Crippen molar-refractivity contribution in [1.82, 2.24) is 4.40 Å². The van der Waals surface area contributed by atoms with Gasteiger partial charge in [0.05, 0.1) is 16.6 Å². The normalized spacial score (nSPS) is 12.5. The van der Waals surface area contributed by atoms with E-state index in [1.807, 2.05) is 0 Å². The summed E-state index contributed by atoms with van der Waals surface area (Å²) in [5.74, 6) is 0. The monoisotopic (exact) mass is 672 g/mol. The summed E-state index contributed by atoms with van der Waals surface area (Å²) in [5.41, 5.74) is 15.3. The maximum absolute atomic E-state index is 2.48. The highest BCUT2D eigenvalue weighted by Gasteiger charge is 2.25. The highest BCUT2D eigenvalue weighted by atomic mass is 15.1. The van der Waals surface area contributed by atoms with E-state index in [2.05, 4.69) is 191 Å². The molecule has 0 radical (unpaired) electrons. The van der Waals surface area contributed by atoms with Crippen molar-refractivity contribution in [3.8, 4) is 22.3 Å². The molecule has 0 saturated heterocycles. The minimum atomic E-state index is 0.943. The number of nitrogens with zero attached hydrogens (tertiary/aromatic N) is 2. The summed E-state index contributed by atoms with van der Waals surface area (Å²) in [4.78, 5) is 2.36. The zero-order valence-electron chi connectivity index (χ0n) is 28.9. The van der Waals surface area contributed by atoms with Crippen LogP contribution >= 0.6 is 0 Å². The van der Waals surface area contributed by atoms with E-state index < -0.39 is 0 Å². The molecule has 0 saturated carbocycles. The molecule has 2 heteroatoms. The topological polar surface area (TPSA) is 7.65 Å². The zero-order valence-corrected chi connectivity index (χ0v) is 28.9. The van der Waals surface area contributed by atoms with Crippen LogP contribution in [-0.4, -0.2) is 4.40 Å². The molecule has 246 valence electrons. The Morgan fingerprint density at radius 1 is 0.396 bits per heavy atom. The molecule has 2 aromatic heterocycles. The van der Waals surface area contributed by atoms with E-state index in [9.17, 15) is 0 Å². The van der Waals surface area contributed by atoms with Crippen molar-refractivity contribution >= 4 is 76.7 Å². The second-order valence-corrected chi connectivity index (χ2v) is 14.5. The van der Waals surface area contributed by atoms with Crippen molar-refractivity contribution in [3.05, 3.63) is 193 Å². The van der Waals surface area contributed by atoms with Gasteiger partial charge in [0.15, 0.2) is 0 Å². The molecular weight excluding hydrogens is 641 g/mol. The van der Waals surface area contributed by atoms with Gasteiger partial charge in [-0.2, -0.15) is 0 Å². The highest BCUT2D eigenvalue weighted by Crippen LogP contribution is 2.47. The third-order valence-electron chi connectivity index (χ3n) is 11.7. The maximum atomic E-state index is 2.48. The predicted molar refractivity (Wildman–Crippen MR) is 224 cm³/mol. The van der Waals surface area contributed by atoms with Gasteiger partial charge in [-0.25, -0.2) is 0 Å². The van der Waals surface area contributed by atoms with E-state index in [0.717, 1.165) is 23.5 Å². The van der Waals surface area contributed by atoms with Gasteiger partial charge in [-0.15, -0.1) is 0 Å². The number of benzene rings is 9. The zero-order chi connectivity index (χ0) is 34.6. The summed E-state index contributed by atoms with van der Waals surface area (Å²) in [6, 6.07) is 67.2. The molecule has 0 N–H and O–H groups in total. The highest BCUT2D eigenvalue weighted by molar-refractivity contribution is 6.29. The van der Waals surface area contributed by atoms with Crippen LogP contribution in [0.25, 0.3) is 81.9 Å². The summed E-state index contributed by atoms with van der Waals surface area (Å²) < 4.78 is 2.48. The number of aromatic nitrogens is 1. The molecule has 12 rings (SSSR count). The van der Waals surface area contributed by atoms with Gasteiger partial charge in [-0.1, -0.05) is 133 Å². The number of rotatable bonds is 4. The Labute approximate surface area is 306 Å². The van der Waals surface area contributed by atoms with Gasteiger partial charge in [-0.05, 0) is 110 Å². The van der Waals surface area contributed by atoms with Gasteiger partial charge >= 0.3 is 0 Å². The Morgan fingerprint density at radius 2 is 1.13 bits per heavy atom. The molecule has 0 amide bonds. The minimum Gasteiger partial charge on any atom is -0.310 e. The van der Waals surface area contributed by atoms with Crippen molar-refractivity contribution in [2.45, 2.75) is 6.42 Å². The second-order valence-electron chi connectivity index (χ2n) is 14.5. The first-order valence-electron chi connectivity index (χ1n) is 18.5. The summed E-state index contributed by atoms with van der Waals surface area (Å²) in [6.07, 6.45) is 0.943. The molecule has 1 aliphatic carbocycles. The average molecular weight is 673 g/mol. The second kappa shape index (κ2) is 10.8. The number of anilines is 3. The van der Waals surface area contributed by atoms with Crippen LogP contribution in [0.5, 0.6) is 0 Å². The lowest BCUT2D eigenvalue weighted by Gasteiger charge is -2.26. The number of hydrogen-bond acceptors (Lipinski definition) is 1. The Hall–Kier alpha value is -6.90. The first-order chi connectivity index (χ1) is 26.3. The van der Waals surface area contributed by atoms with Crippen LogP contribution in [-0.2, 0) is 6.42 Å². The van der Waals surface area contributed by atoms with E-state index in [1.165, 1.54) is 93.0 Å². The molecule has 0 aliphatic heterocycles. The van der Waals surface area contributed by atoms with E-state index in [-0.39, 0.29) is 0 Å². The van der Waals surface area contributed by atoms with Crippen LogP contribution in [0, 0.1) is 0 Å². The van der Waals surface area contributed by atoms with Gasteiger partial charge in [0.25, 0.3) is 0 Å². The Bertz CT molecular complexity index is 3260. The first kappa shape index (κ1) is 28.8. The van der Waals surface area contributed by atoms with Crippen LogP contribution in [0.2, 0.25) is 0 Å². The number of fused-ring (bicyclic) bond motifs is 13. The molecule has 0 spiro atoms. The molecule has 0 bridgehead atoms. The molecule has 11 aromatic rings. The van der Waals surface area contributed by atoms with Crippen molar-refractivity contribution in [3.63, 3.8) is 0 Å². The fraction of sp³-hybridized carbons (Fsp3) is 0.0196. The molecule has 0 atom stereocenters. The predicted octanol–water partition coefficient (Wildman–Crippen LogP) is 13.9. The van der Waals surface area contributed by atoms with Crippen LogP contribution in [0.3, 0.4) is 0 Å². The largest absolute Gasteiger partial charge is 0.310 e. The van der Waals surface area contributed by atoms with Gasteiger partial charge in [-0.3, -0.25) is 0 Å². The SMILES string of the molecule is c1ccc(N(c2cccc(-c3ccc4c(c3)Cc3ccc5c(ccc6c5c5cccc7c8ccccc8n6c75)c3-4)c2)c2ccc3ccccc3c2)cc1. The Kier molecular flexibility index (Phi) is 5.86. The molecule has 1 aliphatic rings. The lowest BCUT2D eigenvalue weighted by atomic mass is 9.94. The fourth-order valence-corrected chi connectivity index (χ4v) is 9.38. The van der Waals surface area contributed by atoms with E-state index in [0.29, 0.717) is 0 Å². The summed E-state index contributed by atoms with van der Waals surface area (Å²) in [6.45, 7) is 0. The average Bonchev–Trinajstić information content (AvgIpc) is 3.88. The van der Waals surface area contributed by atoms with E-state index >= 15 is 0 Å². The minimum absolute atomic E-state index is 0.943. The lowest BCUT2D eigenvalue weighted by Crippen LogP contribution is -2.09. The third-order valence-corrected chi connectivity index (χ3v) is 11.7. The van der Waals surface area contributed by atoms with Crippen LogP contribution in [0.4, 0.5) is 17.1 Å². The van der Waals surface area contributed by atoms with Crippen molar-refractivity contribution in [2.75, 3.05) is 4.90 Å². The number of hydrogen-bond donors (Lipinski definition) is 0. The first-order valence-corrected chi connectivity index (χ1v) is 18.5. The summed E-state index contributed by atoms with van der Waals surface area (Å²) >= 11 is 0. The van der Waals surface area contributed by atoms with Gasteiger partial charge in [0.1, 0.15) is 0 Å². The van der Waals surface area contributed by atoms with E-state index in [1.54, 1.807) is 0 Å². The van der Waals surface area contributed by atoms with Crippen LogP contribution in [0.15, 0.2) is 182 Å². The molecule has 2 heterocycles. The van der Waals surface area contributed by atoms with E-state index in [4.69, 9.17) is 0 Å². The van der Waals surface area contributed by atoms with Crippen LogP contribution in [0.1, 0.15) is 11.1 Å². The smallest absolute Gasteiger partial charge is 0.0620 e. The Morgan fingerprint density at radius 3 is 2.08 bits per heavy atom. The molecular formula is C51H32N2. The van der Waals surface area contributed by atoms with Gasteiger partial charge in [0, 0.05) is 38.6 Å². The van der Waals surface area contributed by atoms with Gasteiger partial charge < -0.3 is 9.30 Å². The lowest BCUT2D eigenvalue weighted by molar-refractivity contribution is 1.26. The molecule has 53 heavy (non-hydrogen) atoms. The Balaban J connectivity index is 0.980. The van der Waals surface area contributed by atoms with Crippen molar-refractivity contribution < 1.29 is 0 Å². The molecule has 2 nitrogen and oxygen atoms in total. The third kappa shape index (κ3) is 4.09. The fourth-order valence-electron chi connectivity index (χ4n) is 9.38. The quantitative estimate of drug-likeness (QED) is 0.181. The maximum Gasteiger partial charge on any atom is 0.0620 e. The molecule has 9 aromatic carbocycles. The number of para-hydroxylation sites is 3. The summed E-state index contributed by atoms with van der Waals surface area (Å²) in [7, 11) is 0. The standard InChI is InChI=1S/C51H32N2/c1-2-13-38(14-3-1)52(40-23-20-32-10-4-5-11-33(32)30-40)39-15-8-12-34(31-39)35-21-24-41-37(28-35)29-36-22-25-44-43(49(36)41)26-27-48-50(44)46-18-9-17-45-42-16-6-7-19-47(42)53(48)51(45)46/h1-28,30-31H,29H2.